The summed E-state index contributed by atoms with van der Waals surface area (Å²) in [4.78, 5) is 7.64. The van der Waals surface area contributed by atoms with Crippen LogP contribution in [0.25, 0.3) is 17.0 Å². The van der Waals surface area contributed by atoms with Crippen molar-refractivity contribution in [3.8, 4) is 11.4 Å². The van der Waals surface area contributed by atoms with Crippen LogP contribution in [0.5, 0.6) is 0 Å². The largest absolute Gasteiger partial charge is 0.351 e. The van der Waals surface area contributed by atoms with Gasteiger partial charge in [-0.25, -0.2) is 8.78 Å². The molecular weight excluding hydrogens is 462 g/mol. The molecule has 1 N–H and O–H groups in total. The Hall–Kier alpha value is -3.43. The van der Waals surface area contributed by atoms with Gasteiger partial charge in [-0.05, 0) is 60.4 Å². The number of aromatic nitrogens is 2. The van der Waals surface area contributed by atoms with E-state index in [0.717, 1.165) is 10.6 Å². The molecule has 1 aliphatic rings. The standard InChI is InChI=1S/C24H18F2N4OS2/c1-14-20(23-28-22(29-31-23)16-6-3-8-18(26)12-16)21(15-5-2-7-17(25)11-15)27-24(32)30(14)13-19-9-4-10-33-19/h2-12,21H,13H2,1H3,(H,27,32). The molecule has 0 fully saturated rings. The van der Waals surface area contributed by atoms with E-state index < -0.39 is 11.9 Å². The predicted octanol–water partition coefficient (Wildman–Crippen LogP) is 5.94. The lowest BCUT2D eigenvalue weighted by Gasteiger charge is -2.37. The number of hydrogen-bond donors (Lipinski definition) is 1. The van der Waals surface area contributed by atoms with Crippen molar-refractivity contribution < 1.29 is 13.3 Å². The fraction of sp³-hybridized carbons (Fsp3) is 0.125. The normalized spacial score (nSPS) is 16.3. The number of rotatable bonds is 5. The Morgan fingerprint density at radius 2 is 1.88 bits per heavy atom. The lowest BCUT2D eigenvalue weighted by Crippen LogP contribution is -2.45. The molecule has 0 aliphatic carbocycles. The Kier molecular flexibility index (Phi) is 5.74. The number of allylic oxidation sites excluding steroid dienone is 1. The Morgan fingerprint density at radius 3 is 2.61 bits per heavy atom. The number of benzene rings is 2. The summed E-state index contributed by atoms with van der Waals surface area (Å²) in [6, 6.07) is 15.8. The molecule has 1 aliphatic heterocycles. The van der Waals surface area contributed by atoms with Gasteiger partial charge in [0.05, 0.1) is 18.2 Å². The summed E-state index contributed by atoms with van der Waals surface area (Å²) in [6.07, 6.45) is 0. The topological polar surface area (TPSA) is 54.2 Å². The van der Waals surface area contributed by atoms with Gasteiger partial charge >= 0.3 is 0 Å². The molecule has 0 bridgehead atoms. The average molecular weight is 481 g/mol. The zero-order chi connectivity index (χ0) is 22.9. The molecule has 1 atom stereocenters. The monoisotopic (exact) mass is 480 g/mol. The van der Waals surface area contributed by atoms with E-state index in [2.05, 4.69) is 15.5 Å². The highest BCUT2D eigenvalue weighted by Gasteiger charge is 2.34. The van der Waals surface area contributed by atoms with Gasteiger partial charge in [0.2, 0.25) is 5.82 Å². The van der Waals surface area contributed by atoms with Gasteiger partial charge in [0.1, 0.15) is 11.6 Å². The molecule has 1 unspecified atom stereocenters. The van der Waals surface area contributed by atoms with Gasteiger partial charge in [-0.2, -0.15) is 4.98 Å². The van der Waals surface area contributed by atoms with E-state index in [0.29, 0.717) is 28.4 Å². The van der Waals surface area contributed by atoms with Crippen LogP contribution in [-0.2, 0) is 6.54 Å². The van der Waals surface area contributed by atoms with Gasteiger partial charge in [-0.3, -0.25) is 0 Å². The Bertz CT molecular complexity index is 1350. The third-order valence-corrected chi connectivity index (χ3v) is 6.61. The van der Waals surface area contributed by atoms with Crippen LogP contribution in [-0.4, -0.2) is 20.2 Å². The third-order valence-electron chi connectivity index (χ3n) is 5.41. The predicted molar refractivity (Wildman–Crippen MR) is 127 cm³/mol. The van der Waals surface area contributed by atoms with Gasteiger partial charge in [0.25, 0.3) is 5.89 Å². The van der Waals surface area contributed by atoms with Gasteiger partial charge in [-0.15, -0.1) is 11.3 Å². The van der Waals surface area contributed by atoms with E-state index in [1.54, 1.807) is 29.5 Å². The van der Waals surface area contributed by atoms with Crippen molar-refractivity contribution in [2.45, 2.75) is 19.5 Å². The number of thiophene rings is 1. The summed E-state index contributed by atoms with van der Waals surface area (Å²) < 4.78 is 33.4. The molecule has 9 heteroatoms. The van der Waals surface area contributed by atoms with Crippen molar-refractivity contribution in [2.75, 3.05) is 0 Å². The van der Waals surface area contributed by atoms with Crippen molar-refractivity contribution in [3.63, 3.8) is 0 Å². The number of halogens is 2. The molecule has 166 valence electrons. The first-order chi connectivity index (χ1) is 16.0. The molecule has 0 spiro atoms. The minimum atomic E-state index is -0.492. The number of nitrogens with one attached hydrogen (secondary N) is 1. The fourth-order valence-corrected chi connectivity index (χ4v) is 4.83. The Labute approximate surface area is 198 Å². The van der Waals surface area contributed by atoms with Crippen LogP contribution in [0, 0.1) is 11.6 Å². The molecule has 0 saturated carbocycles. The molecule has 0 amide bonds. The maximum absolute atomic E-state index is 14.1. The molecular formula is C24H18F2N4OS2. The first-order valence-electron chi connectivity index (χ1n) is 10.2. The van der Waals surface area contributed by atoms with Crippen LogP contribution in [0.2, 0.25) is 0 Å². The van der Waals surface area contributed by atoms with Crippen LogP contribution in [0.1, 0.15) is 29.3 Å². The second-order valence-electron chi connectivity index (χ2n) is 7.54. The highest BCUT2D eigenvalue weighted by molar-refractivity contribution is 7.80. The first kappa shape index (κ1) is 21.4. The molecule has 33 heavy (non-hydrogen) atoms. The summed E-state index contributed by atoms with van der Waals surface area (Å²) in [6.45, 7) is 2.49. The summed E-state index contributed by atoms with van der Waals surface area (Å²) in [5.41, 5.74) is 2.67. The van der Waals surface area contributed by atoms with E-state index >= 15 is 0 Å². The molecule has 2 aromatic carbocycles. The van der Waals surface area contributed by atoms with Gasteiger partial charge in [0.15, 0.2) is 5.11 Å². The van der Waals surface area contributed by atoms with Crippen molar-refractivity contribution >= 4 is 34.2 Å². The van der Waals surface area contributed by atoms with E-state index in [9.17, 15) is 8.78 Å². The maximum Gasteiger partial charge on any atom is 0.258 e. The van der Waals surface area contributed by atoms with Crippen LogP contribution in [0.3, 0.4) is 0 Å². The van der Waals surface area contributed by atoms with Crippen molar-refractivity contribution in [1.82, 2.24) is 20.4 Å². The van der Waals surface area contributed by atoms with Gasteiger partial charge in [-0.1, -0.05) is 35.5 Å². The summed E-state index contributed by atoms with van der Waals surface area (Å²) in [5.74, 6) is -0.226. The summed E-state index contributed by atoms with van der Waals surface area (Å²) >= 11 is 7.30. The van der Waals surface area contributed by atoms with E-state index in [1.165, 1.54) is 24.3 Å². The summed E-state index contributed by atoms with van der Waals surface area (Å²) in [5, 5.41) is 9.90. The van der Waals surface area contributed by atoms with Crippen LogP contribution >= 0.6 is 23.6 Å². The fourth-order valence-electron chi connectivity index (χ4n) is 3.82. The van der Waals surface area contributed by atoms with E-state index in [-0.39, 0.29) is 17.5 Å². The first-order valence-corrected chi connectivity index (χ1v) is 11.4. The van der Waals surface area contributed by atoms with Gasteiger partial charge < -0.3 is 14.7 Å². The molecule has 5 nitrogen and oxygen atoms in total. The zero-order valence-corrected chi connectivity index (χ0v) is 19.1. The molecule has 0 saturated heterocycles. The molecule has 0 radical (unpaired) electrons. The number of thiocarbonyl (C=S) groups is 1. The number of hydrogen-bond acceptors (Lipinski definition) is 5. The smallest absolute Gasteiger partial charge is 0.258 e. The summed E-state index contributed by atoms with van der Waals surface area (Å²) in [7, 11) is 0. The minimum absolute atomic E-state index is 0.257. The second kappa shape index (κ2) is 8.84. The van der Waals surface area contributed by atoms with Crippen molar-refractivity contribution in [3.05, 3.63) is 99.7 Å². The minimum Gasteiger partial charge on any atom is -0.351 e. The zero-order valence-electron chi connectivity index (χ0n) is 17.5. The van der Waals surface area contributed by atoms with Crippen LogP contribution < -0.4 is 5.32 Å². The highest BCUT2D eigenvalue weighted by atomic mass is 32.1. The SMILES string of the molecule is CC1=C(c2nc(-c3cccc(F)c3)no2)C(c2cccc(F)c2)NC(=S)N1Cc1cccs1. The maximum atomic E-state index is 14.1. The lowest BCUT2D eigenvalue weighted by molar-refractivity contribution is 0.396. The molecule has 2 aromatic heterocycles. The number of nitrogens with zero attached hydrogens (tertiary/aromatic N) is 3. The second-order valence-corrected chi connectivity index (χ2v) is 8.95. The lowest BCUT2D eigenvalue weighted by atomic mass is 9.94. The van der Waals surface area contributed by atoms with Crippen molar-refractivity contribution in [1.29, 1.82) is 0 Å². The molecule has 3 heterocycles. The highest BCUT2D eigenvalue weighted by Crippen LogP contribution is 2.38. The van der Waals surface area contributed by atoms with E-state index in [4.69, 9.17) is 16.7 Å². The Morgan fingerprint density at radius 1 is 1.09 bits per heavy atom. The third kappa shape index (κ3) is 4.29. The van der Waals surface area contributed by atoms with E-state index in [1.807, 2.05) is 35.4 Å². The molecule has 5 rings (SSSR count). The van der Waals surface area contributed by atoms with Crippen molar-refractivity contribution in [2.24, 2.45) is 0 Å². The average Bonchev–Trinajstić information content (AvgIpc) is 3.49. The van der Waals surface area contributed by atoms with Crippen LogP contribution in [0.4, 0.5) is 8.78 Å². The van der Waals surface area contributed by atoms with Gasteiger partial charge in [0, 0.05) is 16.1 Å². The Balaban J connectivity index is 1.61. The quantitative estimate of drug-likeness (QED) is 0.357. The molecule has 4 aromatic rings. The van der Waals surface area contributed by atoms with Crippen LogP contribution in [0.15, 0.2) is 76.3 Å².